The predicted octanol–water partition coefficient (Wildman–Crippen LogP) is 2.97. The van der Waals surface area contributed by atoms with Crippen LogP contribution in [0.4, 0.5) is 0 Å². The number of rotatable bonds is 8. The molecule has 0 spiro atoms. The summed E-state index contributed by atoms with van der Waals surface area (Å²) < 4.78 is 12.7. The van der Waals surface area contributed by atoms with Gasteiger partial charge in [-0.2, -0.15) is 0 Å². The van der Waals surface area contributed by atoms with Gasteiger partial charge in [-0.1, -0.05) is 18.9 Å². The molecule has 190 valence electrons. The minimum absolute atomic E-state index is 0.0366. The maximum atomic E-state index is 13.0. The number of hydrogen-bond donors (Lipinski definition) is 2. The largest absolute Gasteiger partial charge is 0.493 e. The van der Waals surface area contributed by atoms with Gasteiger partial charge in [0.2, 0.25) is 0 Å². The summed E-state index contributed by atoms with van der Waals surface area (Å²) in [6.07, 6.45) is 5.03. The van der Waals surface area contributed by atoms with E-state index in [0.717, 1.165) is 43.5 Å². The number of likely N-dealkylation sites (N-methyl/N-ethyl adjacent to an activating group) is 1. The highest BCUT2D eigenvalue weighted by atomic mass is 16.5. The number of aromatic nitrogens is 2. The SMILES string of the molecule is CCNC(=O)COc1ccc(CNC(=O)c2ccc3c(=O)n4c(nc3c2)CCCCCC4)cc1OC. The summed E-state index contributed by atoms with van der Waals surface area (Å²) >= 11 is 0. The first-order chi connectivity index (χ1) is 17.5. The Labute approximate surface area is 209 Å². The van der Waals surface area contributed by atoms with Crippen molar-refractivity contribution in [3.8, 4) is 11.5 Å². The van der Waals surface area contributed by atoms with Crippen LogP contribution in [-0.4, -0.2) is 41.6 Å². The number of ether oxygens (including phenoxy) is 2. The summed E-state index contributed by atoms with van der Waals surface area (Å²) in [5.74, 6) is 1.24. The van der Waals surface area contributed by atoms with E-state index in [4.69, 9.17) is 14.5 Å². The van der Waals surface area contributed by atoms with E-state index in [1.54, 1.807) is 41.0 Å². The molecule has 4 rings (SSSR count). The molecular formula is C27H32N4O5. The van der Waals surface area contributed by atoms with Crippen molar-refractivity contribution < 1.29 is 19.1 Å². The van der Waals surface area contributed by atoms with E-state index in [9.17, 15) is 14.4 Å². The highest BCUT2D eigenvalue weighted by molar-refractivity contribution is 5.97. The van der Waals surface area contributed by atoms with Crippen LogP contribution in [0.3, 0.4) is 0 Å². The lowest BCUT2D eigenvalue weighted by Crippen LogP contribution is -2.28. The molecule has 0 radical (unpaired) electrons. The molecule has 1 aliphatic heterocycles. The van der Waals surface area contributed by atoms with Crippen LogP contribution in [0.1, 0.15) is 54.4 Å². The quantitative estimate of drug-likeness (QED) is 0.500. The third-order valence-electron chi connectivity index (χ3n) is 6.24. The van der Waals surface area contributed by atoms with Crippen molar-refractivity contribution in [3.05, 3.63) is 63.7 Å². The van der Waals surface area contributed by atoms with Crippen molar-refractivity contribution in [2.75, 3.05) is 20.3 Å². The molecule has 0 aliphatic carbocycles. The van der Waals surface area contributed by atoms with E-state index in [1.807, 2.05) is 6.92 Å². The molecule has 9 heteroatoms. The zero-order valence-corrected chi connectivity index (χ0v) is 20.8. The van der Waals surface area contributed by atoms with E-state index in [2.05, 4.69) is 10.6 Å². The highest BCUT2D eigenvalue weighted by Gasteiger charge is 2.15. The number of methoxy groups -OCH3 is 1. The van der Waals surface area contributed by atoms with Crippen molar-refractivity contribution in [2.45, 2.75) is 52.1 Å². The Balaban J connectivity index is 1.46. The monoisotopic (exact) mass is 492 g/mol. The Hall–Kier alpha value is -3.88. The molecule has 2 heterocycles. The molecule has 9 nitrogen and oxygen atoms in total. The third-order valence-corrected chi connectivity index (χ3v) is 6.24. The van der Waals surface area contributed by atoms with Gasteiger partial charge >= 0.3 is 0 Å². The Kier molecular flexibility index (Phi) is 8.20. The Morgan fingerprint density at radius 1 is 1.03 bits per heavy atom. The Morgan fingerprint density at radius 3 is 2.67 bits per heavy atom. The van der Waals surface area contributed by atoms with Crippen LogP contribution >= 0.6 is 0 Å². The van der Waals surface area contributed by atoms with E-state index in [1.165, 1.54) is 7.11 Å². The van der Waals surface area contributed by atoms with Gasteiger partial charge in [-0.05, 0) is 55.7 Å². The number of benzene rings is 2. The molecule has 2 aromatic carbocycles. The lowest BCUT2D eigenvalue weighted by Gasteiger charge is -2.16. The van der Waals surface area contributed by atoms with Gasteiger partial charge in [0.15, 0.2) is 18.1 Å². The number of nitrogens with zero attached hydrogens (tertiary/aromatic N) is 2. The second-order valence-corrected chi connectivity index (χ2v) is 8.79. The highest BCUT2D eigenvalue weighted by Crippen LogP contribution is 2.28. The molecule has 0 unspecified atom stereocenters. The number of carbonyl (C=O) groups is 2. The smallest absolute Gasteiger partial charge is 0.261 e. The van der Waals surface area contributed by atoms with Gasteiger partial charge in [0.1, 0.15) is 5.82 Å². The second-order valence-electron chi connectivity index (χ2n) is 8.79. The molecule has 0 saturated heterocycles. The fraction of sp³-hybridized carbons (Fsp3) is 0.407. The molecule has 1 aromatic heterocycles. The molecule has 0 bridgehead atoms. The van der Waals surface area contributed by atoms with Crippen LogP contribution in [0.25, 0.3) is 10.9 Å². The maximum Gasteiger partial charge on any atom is 0.261 e. The van der Waals surface area contributed by atoms with Crippen LogP contribution in [0.5, 0.6) is 11.5 Å². The lowest BCUT2D eigenvalue weighted by molar-refractivity contribution is -0.123. The lowest BCUT2D eigenvalue weighted by atomic mass is 10.1. The minimum Gasteiger partial charge on any atom is -0.493 e. The van der Waals surface area contributed by atoms with Crippen molar-refractivity contribution in [3.63, 3.8) is 0 Å². The average molecular weight is 493 g/mol. The van der Waals surface area contributed by atoms with Gasteiger partial charge in [-0.25, -0.2) is 4.98 Å². The van der Waals surface area contributed by atoms with Crippen molar-refractivity contribution in [2.24, 2.45) is 0 Å². The summed E-state index contributed by atoms with van der Waals surface area (Å²) in [6.45, 7) is 3.22. The third kappa shape index (κ3) is 5.84. The number of hydrogen-bond acceptors (Lipinski definition) is 6. The van der Waals surface area contributed by atoms with Crippen LogP contribution < -0.4 is 25.7 Å². The van der Waals surface area contributed by atoms with Crippen LogP contribution in [0.15, 0.2) is 41.2 Å². The van der Waals surface area contributed by atoms with Crippen molar-refractivity contribution in [1.29, 1.82) is 0 Å². The first kappa shape index (κ1) is 25.2. The average Bonchev–Trinajstić information content (AvgIpc) is 2.87. The van der Waals surface area contributed by atoms with Gasteiger partial charge in [-0.15, -0.1) is 0 Å². The summed E-state index contributed by atoms with van der Waals surface area (Å²) in [7, 11) is 1.52. The van der Waals surface area contributed by atoms with Gasteiger partial charge < -0.3 is 20.1 Å². The van der Waals surface area contributed by atoms with Gasteiger partial charge in [0.25, 0.3) is 17.4 Å². The number of carbonyl (C=O) groups excluding carboxylic acids is 2. The van der Waals surface area contributed by atoms with Crippen LogP contribution in [0.2, 0.25) is 0 Å². The summed E-state index contributed by atoms with van der Waals surface area (Å²) in [6, 6.07) is 10.3. The molecule has 2 amide bonds. The fourth-order valence-electron chi connectivity index (χ4n) is 4.35. The topological polar surface area (TPSA) is 112 Å². The summed E-state index contributed by atoms with van der Waals surface area (Å²) in [4.78, 5) is 42.3. The normalized spacial score (nSPS) is 13.3. The van der Waals surface area contributed by atoms with Crippen LogP contribution in [-0.2, 0) is 24.3 Å². The molecular weight excluding hydrogens is 460 g/mol. The molecule has 2 N–H and O–H groups in total. The first-order valence-corrected chi connectivity index (χ1v) is 12.4. The van der Waals surface area contributed by atoms with Gasteiger partial charge in [-0.3, -0.25) is 19.0 Å². The van der Waals surface area contributed by atoms with E-state index in [-0.39, 0.29) is 30.5 Å². The van der Waals surface area contributed by atoms with Crippen molar-refractivity contribution >= 4 is 22.7 Å². The molecule has 0 fully saturated rings. The molecule has 0 saturated carbocycles. The van der Waals surface area contributed by atoms with E-state index >= 15 is 0 Å². The minimum atomic E-state index is -0.263. The molecule has 1 aliphatic rings. The number of nitrogens with one attached hydrogen (secondary N) is 2. The number of aryl methyl sites for hydroxylation is 1. The fourth-order valence-corrected chi connectivity index (χ4v) is 4.35. The van der Waals surface area contributed by atoms with Gasteiger partial charge in [0.05, 0.1) is 18.0 Å². The zero-order chi connectivity index (χ0) is 25.5. The maximum absolute atomic E-state index is 13.0. The Bertz CT molecular complexity index is 1320. The molecule has 36 heavy (non-hydrogen) atoms. The standard InChI is InChI=1S/C27H32N4O5/c1-3-28-25(32)17-36-22-12-9-18(14-23(22)35-2)16-29-26(33)19-10-11-20-21(15-19)30-24-8-6-4-5-7-13-31(24)27(20)34/h9-12,14-15H,3-8,13,16-17H2,1-2H3,(H,28,32)(H,29,33). The van der Waals surface area contributed by atoms with Gasteiger partial charge in [0, 0.05) is 31.6 Å². The molecule has 0 atom stereocenters. The number of amides is 2. The van der Waals surface area contributed by atoms with Crippen LogP contribution in [0, 0.1) is 0 Å². The molecule has 3 aromatic rings. The predicted molar refractivity (Wildman–Crippen MR) is 137 cm³/mol. The van der Waals surface area contributed by atoms with E-state index < -0.39 is 0 Å². The second kappa shape index (κ2) is 11.7. The Morgan fingerprint density at radius 2 is 1.86 bits per heavy atom. The summed E-state index contributed by atoms with van der Waals surface area (Å²) in [5.41, 5.74) is 1.77. The summed E-state index contributed by atoms with van der Waals surface area (Å²) in [5, 5.41) is 6.11. The van der Waals surface area contributed by atoms with Crippen molar-refractivity contribution in [1.82, 2.24) is 20.2 Å². The first-order valence-electron chi connectivity index (χ1n) is 12.4. The zero-order valence-electron chi connectivity index (χ0n) is 20.8. The van der Waals surface area contributed by atoms with E-state index in [0.29, 0.717) is 41.1 Å². The number of fused-ring (bicyclic) bond motifs is 2.